The molecular weight excluding hydrogens is 357 g/mol. The maximum absolute atomic E-state index is 14.7. The molecule has 1 aromatic carbocycles. The van der Waals surface area contributed by atoms with Gasteiger partial charge < -0.3 is 10.1 Å². The van der Waals surface area contributed by atoms with Gasteiger partial charge in [-0.05, 0) is 30.9 Å². The van der Waals surface area contributed by atoms with Crippen molar-refractivity contribution in [1.29, 1.82) is 0 Å². The highest BCUT2D eigenvalue weighted by molar-refractivity contribution is 6.31. The summed E-state index contributed by atoms with van der Waals surface area (Å²) in [5.41, 5.74) is 1.81. The second-order valence-corrected chi connectivity index (χ2v) is 7.96. The Bertz CT molecular complexity index is 850. The zero-order valence-electron chi connectivity index (χ0n) is 15.2. The van der Waals surface area contributed by atoms with Crippen LogP contribution in [-0.2, 0) is 14.3 Å². The minimum atomic E-state index is -0.879. The zero-order valence-corrected chi connectivity index (χ0v) is 16.0. The Kier molecular flexibility index (Phi) is 4.69. The van der Waals surface area contributed by atoms with Gasteiger partial charge >= 0.3 is 5.97 Å². The Morgan fingerprint density at radius 1 is 1.35 bits per heavy atom. The van der Waals surface area contributed by atoms with Gasteiger partial charge in [0.05, 0.1) is 18.6 Å². The summed E-state index contributed by atoms with van der Waals surface area (Å²) in [5.74, 6) is -2.15. The lowest BCUT2D eigenvalue weighted by atomic mass is 9.68. The lowest BCUT2D eigenvalue weighted by Crippen LogP contribution is -2.38. The molecular formula is C20H21ClFNO3. The average molecular weight is 378 g/mol. The fraction of sp³-hybridized carbons (Fsp3) is 0.400. The number of hydrogen-bond acceptors (Lipinski definition) is 4. The number of methoxy groups -OCH3 is 1. The number of Topliss-reactive ketones (excluding diaryl/α,β-unsaturated/α-hetero) is 1. The number of allylic oxidation sites excluding steroid dienone is 3. The van der Waals surface area contributed by atoms with Crippen molar-refractivity contribution in [2.45, 2.75) is 39.5 Å². The van der Waals surface area contributed by atoms with Gasteiger partial charge in [-0.1, -0.05) is 31.5 Å². The first-order chi connectivity index (χ1) is 12.2. The summed E-state index contributed by atoms with van der Waals surface area (Å²) in [6, 6.07) is 4.34. The molecule has 0 saturated carbocycles. The van der Waals surface area contributed by atoms with Crippen LogP contribution in [0.15, 0.2) is 40.7 Å². The Morgan fingerprint density at radius 3 is 2.65 bits per heavy atom. The number of dihydropyridines is 1. The topological polar surface area (TPSA) is 55.4 Å². The van der Waals surface area contributed by atoms with Crippen molar-refractivity contribution < 1.29 is 18.7 Å². The number of nitrogens with one attached hydrogen (secondary N) is 1. The molecule has 0 aromatic heterocycles. The van der Waals surface area contributed by atoms with Gasteiger partial charge in [0.25, 0.3) is 0 Å². The molecule has 6 heteroatoms. The highest BCUT2D eigenvalue weighted by Crippen LogP contribution is 2.48. The molecule has 26 heavy (non-hydrogen) atoms. The van der Waals surface area contributed by atoms with Crippen molar-refractivity contribution in [3.63, 3.8) is 0 Å². The second kappa shape index (κ2) is 6.54. The lowest BCUT2D eigenvalue weighted by molar-refractivity contribution is -0.136. The molecule has 0 unspecified atom stereocenters. The highest BCUT2D eigenvalue weighted by atomic mass is 35.5. The number of benzene rings is 1. The van der Waals surface area contributed by atoms with Crippen molar-refractivity contribution >= 4 is 23.4 Å². The summed E-state index contributed by atoms with van der Waals surface area (Å²) in [4.78, 5) is 25.4. The first-order valence-corrected chi connectivity index (χ1v) is 8.80. The van der Waals surface area contributed by atoms with E-state index in [2.05, 4.69) is 5.32 Å². The fourth-order valence-corrected chi connectivity index (χ4v) is 4.16. The van der Waals surface area contributed by atoms with E-state index in [0.717, 1.165) is 5.70 Å². The lowest BCUT2D eigenvalue weighted by Gasteiger charge is -2.39. The van der Waals surface area contributed by atoms with Crippen LogP contribution in [0.5, 0.6) is 0 Å². The van der Waals surface area contributed by atoms with Crippen molar-refractivity contribution in [3.05, 3.63) is 57.1 Å². The standard InChI is InChI=1S/C20H21ClFNO3/c1-10-15(19(25)26-4)18(16-11(21)6-5-7-12(16)22)17-13(23-10)8-20(2,3)9-14(17)24/h5-7,18,23H,8-9H2,1-4H3/t18-/m1/s1. The van der Waals surface area contributed by atoms with Crippen LogP contribution in [0.2, 0.25) is 5.02 Å². The maximum Gasteiger partial charge on any atom is 0.336 e. The molecule has 1 aliphatic carbocycles. The van der Waals surface area contributed by atoms with Gasteiger partial charge in [-0.15, -0.1) is 0 Å². The monoisotopic (exact) mass is 377 g/mol. The van der Waals surface area contributed by atoms with Crippen LogP contribution in [0.25, 0.3) is 0 Å². The normalized spacial score (nSPS) is 22.1. The Hall–Kier alpha value is -2.14. The number of carbonyl (C=O) groups excluding carboxylic acids is 2. The molecule has 1 aromatic rings. The number of ether oxygens (including phenoxy) is 1. The average Bonchev–Trinajstić information content (AvgIpc) is 2.52. The Balaban J connectivity index is 2.29. The molecule has 1 N–H and O–H groups in total. The van der Waals surface area contributed by atoms with Gasteiger partial charge in [-0.25, -0.2) is 9.18 Å². The van der Waals surface area contributed by atoms with Crippen LogP contribution in [0.1, 0.15) is 45.1 Å². The molecule has 2 aliphatic rings. The maximum atomic E-state index is 14.7. The molecule has 0 amide bonds. The van der Waals surface area contributed by atoms with Gasteiger partial charge in [-0.3, -0.25) is 4.79 Å². The quantitative estimate of drug-likeness (QED) is 0.782. The minimum absolute atomic E-state index is 0.109. The predicted octanol–water partition coefficient (Wildman–Crippen LogP) is 4.26. The first kappa shape index (κ1) is 18.6. The number of esters is 1. The number of hydrogen-bond donors (Lipinski definition) is 1. The van der Waals surface area contributed by atoms with Crippen LogP contribution in [-0.4, -0.2) is 18.9 Å². The highest BCUT2D eigenvalue weighted by Gasteiger charge is 2.44. The van der Waals surface area contributed by atoms with Crippen LogP contribution in [0, 0.1) is 11.2 Å². The van der Waals surface area contributed by atoms with Crippen LogP contribution < -0.4 is 5.32 Å². The van der Waals surface area contributed by atoms with Crippen molar-refractivity contribution in [3.8, 4) is 0 Å². The summed E-state index contributed by atoms with van der Waals surface area (Å²) in [5, 5.41) is 3.36. The third-order valence-electron chi connectivity index (χ3n) is 4.93. The van der Waals surface area contributed by atoms with Gasteiger partial charge in [0.15, 0.2) is 5.78 Å². The third kappa shape index (κ3) is 3.05. The zero-order chi connectivity index (χ0) is 19.2. The number of carbonyl (C=O) groups is 2. The van der Waals surface area contributed by atoms with Gasteiger partial charge in [0, 0.05) is 34.0 Å². The number of ketones is 1. The molecule has 1 atom stereocenters. The van der Waals surface area contributed by atoms with Crippen molar-refractivity contribution in [2.75, 3.05) is 7.11 Å². The first-order valence-electron chi connectivity index (χ1n) is 8.42. The van der Waals surface area contributed by atoms with Crippen LogP contribution >= 0.6 is 11.6 Å². The number of halogens is 2. The van der Waals surface area contributed by atoms with E-state index < -0.39 is 17.7 Å². The molecule has 1 aliphatic heterocycles. The van der Waals surface area contributed by atoms with Crippen molar-refractivity contribution in [1.82, 2.24) is 5.32 Å². The fourth-order valence-electron chi connectivity index (χ4n) is 3.89. The van der Waals surface area contributed by atoms with Gasteiger partial charge in [0.2, 0.25) is 0 Å². The molecule has 138 valence electrons. The van der Waals surface area contributed by atoms with Gasteiger partial charge in [0.1, 0.15) is 5.82 Å². The van der Waals surface area contributed by atoms with E-state index in [4.69, 9.17) is 16.3 Å². The second-order valence-electron chi connectivity index (χ2n) is 7.56. The van der Waals surface area contributed by atoms with Gasteiger partial charge in [-0.2, -0.15) is 0 Å². The Labute approximate surface area is 157 Å². The van der Waals surface area contributed by atoms with Crippen LogP contribution in [0.3, 0.4) is 0 Å². The largest absolute Gasteiger partial charge is 0.466 e. The van der Waals surface area contributed by atoms with Crippen molar-refractivity contribution in [2.24, 2.45) is 5.41 Å². The molecule has 1 heterocycles. The summed E-state index contributed by atoms with van der Waals surface area (Å²) in [6.45, 7) is 5.75. The summed E-state index contributed by atoms with van der Waals surface area (Å²) < 4.78 is 19.6. The van der Waals surface area contributed by atoms with E-state index in [1.807, 2.05) is 13.8 Å². The van der Waals surface area contributed by atoms with E-state index in [-0.39, 0.29) is 27.4 Å². The molecule has 0 radical (unpaired) electrons. The Morgan fingerprint density at radius 2 is 2.04 bits per heavy atom. The summed E-state index contributed by atoms with van der Waals surface area (Å²) in [7, 11) is 1.26. The third-order valence-corrected chi connectivity index (χ3v) is 5.26. The molecule has 4 nitrogen and oxygen atoms in total. The smallest absolute Gasteiger partial charge is 0.336 e. The predicted molar refractivity (Wildman–Crippen MR) is 97.1 cm³/mol. The van der Waals surface area contributed by atoms with E-state index in [1.165, 1.54) is 19.2 Å². The molecule has 3 rings (SSSR count). The number of rotatable bonds is 2. The summed E-state index contributed by atoms with van der Waals surface area (Å²) in [6.07, 6.45) is 0.950. The van der Waals surface area contributed by atoms with E-state index >= 15 is 0 Å². The van der Waals surface area contributed by atoms with Crippen LogP contribution in [0.4, 0.5) is 4.39 Å². The summed E-state index contributed by atoms with van der Waals surface area (Å²) >= 11 is 6.29. The van der Waals surface area contributed by atoms with E-state index in [1.54, 1.807) is 13.0 Å². The molecule has 0 fully saturated rings. The van der Waals surface area contributed by atoms with E-state index in [9.17, 15) is 14.0 Å². The SMILES string of the molecule is COC(=O)C1=C(C)NC2=C(C(=O)CC(C)(C)C2)[C@H]1c1c(F)cccc1Cl. The molecule has 0 spiro atoms. The minimum Gasteiger partial charge on any atom is -0.466 e. The molecule has 0 saturated heterocycles. The molecule has 0 bridgehead atoms. The van der Waals surface area contributed by atoms with E-state index in [0.29, 0.717) is 24.1 Å².